The van der Waals surface area contributed by atoms with Crippen molar-refractivity contribution in [3.63, 3.8) is 0 Å². The van der Waals surface area contributed by atoms with Crippen LogP contribution >= 0.6 is 0 Å². The third-order valence-corrected chi connectivity index (χ3v) is 3.54. The number of hydrogen-bond acceptors (Lipinski definition) is 4. The first kappa shape index (κ1) is 17.9. The van der Waals surface area contributed by atoms with Crippen molar-refractivity contribution in [3.05, 3.63) is 23.8 Å². The molecule has 1 fully saturated rings. The van der Waals surface area contributed by atoms with E-state index in [2.05, 4.69) is 5.32 Å². The van der Waals surface area contributed by atoms with E-state index >= 15 is 0 Å². The lowest BCUT2D eigenvalue weighted by molar-refractivity contribution is -0.188. The average Bonchev–Trinajstić information content (AvgIpc) is 2.41. The van der Waals surface area contributed by atoms with E-state index < -0.39 is 17.8 Å². The fraction of sp³-hybridized carbons (Fsp3) is 0.625. The summed E-state index contributed by atoms with van der Waals surface area (Å²) in [4.78, 5) is 1.34. The standard InChI is InChI=1S/C16H23F3N2O2/c1-15(2,3)23-11-4-5-13(22)12(10-11)14(16(17,18)19)21-8-6-20-7-9-21/h4-5,10,14,20,22H,6-9H2,1-3H3/t14-/m1/s1. The van der Waals surface area contributed by atoms with Crippen LogP contribution < -0.4 is 10.1 Å². The Bertz CT molecular complexity index is 535. The molecule has 0 spiro atoms. The van der Waals surface area contributed by atoms with Gasteiger partial charge >= 0.3 is 6.18 Å². The Morgan fingerprint density at radius 2 is 1.78 bits per heavy atom. The van der Waals surface area contributed by atoms with Crippen LogP contribution in [-0.2, 0) is 0 Å². The molecule has 0 unspecified atom stereocenters. The highest BCUT2D eigenvalue weighted by Gasteiger charge is 2.46. The second kappa shape index (κ2) is 6.57. The zero-order valence-corrected chi connectivity index (χ0v) is 13.6. The van der Waals surface area contributed by atoms with Crippen LogP contribution in [-0.4, -0.2) is 48.0 Å². The maximum absolute atomic E-state index is 13.6. The van der Waals surface area contributed by atoms with Gasteiger partial charge in [0.15, 0.2) is 0 Å². The number of phenols is 1. The molecule has 4 nitrogen and oxygen atoms in total. The molecular formula is C16H23F3N2O2. The summed E-state index contributed by atoms with van der Waals surface area (Å²) < 4.78 is 46.5. The number of hydrogen-bond donors (Lipinski definition) is 2. The molecule has 130 valence electrons. The molecule has 1 saturated heterocycles. The van der Waals surface area contributed by atoms with Gasteiger partial charge in [-0.1, -0.05) is 0 Å². The molecule has 0 radical (unpaired) electrons. The molecule has 0 saturated carbocycles. The molecule has 0 aliphatic carbocycles. The number of ether oxygens (including phenoxy) is 1. The number of benzene rings is 1. The van der Waals surface area contributed by atoms with Crippen LogP contribution in [0.25, 0.3) is 0 Å². The molecule has 1 aromatic carbocycles. The molecule has 0 amide bonds. The topological polar surface area (TPSA) is 44.7 Å². The highest BCUT2D eigenvalue weighted by Crippen LogP contribution is 2.42. The summed E-state index contributed by atoms with van der Waals surface area (Å²) in [6.07, 6.45) is -4.48. The van der Waals surface area contributed by atoms with Crippen molar-refractivity contribution in [2.24, 2.45) is 0 Å². The van der Waals surface area contributed by atoms with Gasteiger partial charge in [0.05, 0.1) is 0 Å². The molecule has 1 heterocycles. The summed E-state index contributed by atoms with van der Waals surface area (Å²) in [5.41, 5.74) is -0.696. The number of halogens is 3. The van der Waals surface area contributed by atoms with Gasteiger partial charge in [-0.2, -0.15) is 13.2 Å². The summed E-state index contributed by atoms with van der Waals surface area (Å²) in [6.45, 7) is 6.98. The second-order valence-electron chi connectivity index (χ2n) is 6.67. The van der Waals surface area contributed by atoms with E-state index in [1.165, 1.54) is 23.1 Å². The predicted molar refractivity (Wildman–Crippen MR) is 81.7 cm³/mol. The van der Waals surface area contributed by atoms with Gasteiger partial charge in [0.1, 0.15) is 23.1 Å². The Labute approximate surface area is 134 Å². The van der Waals surface area contributed by atoms with Crippen LogP contribution in [0.2, 0.25) is 0 Å². The van der Waals surface area contributed by atoms with Crippen molar-refractivity contribution in [1.29, 1.82) is 0 Å². The van der Waals surface area contributed by atoms with Crippen molar-refractivity contribution in [3.8, 4) is 11.5 Å². The number of nitrogens with zero attached hydrogens (tertiary/aromatic N) is 1. The number of phenolic OH excluding ortho intramolecular Hbond substituents is 1. The lowest BCUT2D eigenvalue weighted by Crippen LogP contribution is -2.49. The van der Waals surface area contributed by atoms with Crippen molar-refractivity contribution in [1.82, 2.24) is 10.2 Å². The predicted octanol–water partition coefficient (Wildman–Crippen LogP) is 3.08. The van der Waals surface area contributed by atoms with Crippen molar-refractivity contribution in [2.75, 3.05) is 26.2 Å². The molecule has 0 aromatic heterocycles. The Morgan fingerprint density at radius 3 is 2.30 bits per heavy atom. The molecule has 2 N–H and O–H groups in total. The van der Waals surface area contributed by atoms with Crippen LogP contribution in [0, 0.1) is 0 Å². The normalized spacial score (nSPS) is 18.7. The minimum atomic E-state index is -4.48. The minimum Gasteiger partial charge on any atom is -0.508 e. The van der Waals surface area contributed by atoms with E-state index in [1.807, 2.05) is 20.8 Å². The molecule has 1 aliphatic rings. The molecule has 23 heavy (non-hydrogen) atoms. The lowest BCUT2D eigenvalue weighted by atomic mass is 10.0. The number of aromatic hydroxyl groups is 1. The van der Waals surface area contributed by atoms with E-state index in [1.54, 1.807) is 0 Å². The van der Waals surface area contributed by atoms with Gasteiger partial charge in [0.25, 0.3) is 0 Å². The number of rotatable bonds is 3. The van der Waals surface area contributed by atoms with Gasteiger partial charge in [-0.25, -0.2) is 0 Å². The van der Waals surface area contributed by atoms with Gasteiger partial charge < -0.3 is 15.2 Å². The van der Waals surface area contributed by atoms with Gasteiger partial charge in [-0.05, 0) is 39.0 Å². The van der Waals surface area contributed by atoms with Crippen LogP contribution in [0.1, 0.15) is 32.4 Å². The number of piperazine rings is 1. The smallest absolute Gasteiger partial charge is 0.408 e. The number of alkyl halides is 3. The van der Waals surface area contributed by atoms with E-state index in [4.69, 9.17) is 4.74 Å². The molecule has 2 rings (SSSR count). The largest absolute Gasteiger partial charge is 0.508 e. The Balaban J connectivity index is 2.39. The van der Waals surface area contributed by atoms with Crippen molar-refractivity contribution < 1.29 is 23.0 Å². The van der Waals surface area contributed by atoms with Crippen molar-refractivity contribution >= 4 is 0 Å². The highest BCUT2D eigenvalue weighted by molar-refractivity contribution is 5.42. The maximum atomic E-state index is 13.6. The van der Waals surface area contributed by atoms with Crippen LogP contribution in [0.3, 0.4) is 0 Å². The average molecular weight is 332 g/mol. The maximum Gasteiger partial charge on any atom is 0.408 e. The number of nitrogens with one attached hydrogen (secondary N) is 1. The van der Waals surface area contributed by atoms with Crippen LogP contribution in [0.5, 0.6) is 11.5 Å². The Kier molecular flexibility index (Phi) is 5.10. The fourth-order valence-corrected chi connectivity index (χ4v) is 2.69. The fourth-order valence-electron chi connectivity index (χ4n) is 2.69. The van der Waals surface area contributed by atoms with E-state index in [0.717, 1.165) is 0 Å². The van der Waals surface area contributed by atoms with E-state index in [-0.39, 0.29) is 24.4 Å². The van der Waals surface area contributed by atoms with Crippen LogP contribution in [0.15, 0.2) is 18.2 Å². The van der Waals surface area contributed by atoms with Gasteiger partial charge in [0, 0.05) is 31.7 Å². The SMILES string of the molecule is CC(C)(C)Oc1ccc(O)c([C@@H](N2CCNCC2)C(F)(F)F)c1. The lowest BCUT2D eigenvalue weighted by Gasteiger charge is -2.36. The van der Waals surface area contributed by atoms with Gasteiger partial charge in [-0.15, -0.1) is 0 Å². The van der Waals surface area contributed by atoms with Crippen LogP contribution in [0.4, 0.5) is 13.2 Å². The minimum absolute atomic E-state index is 0.166. The Hall–Kier alpha value is -1.47. The summed E-state index contributed by atoms with van der Waals surface area (Å²) in [5.74, 6) is -0.0539. The molecule has 1 atom stereocenters. The zero-order valence-electron chi connectivity index (χ0n) is 13.6. The molecule has 1 aliphatic heterocycles. The first-order chi connectivity index (χ1) is 10.6. The molecular weight excluding hydrogens is 309 g/mol. The Morgan fingerprint density at radius 1 is 1.17 bits per heavy atom. The quantitative estimate of drug-likeness (QED) is 0.893. The van der Waals surface area contributed by atoms with Gasteiger partial charge in [0.2, 0.25) is 0 Å². The summed E-state index contributed by atoms with van der Waals surface area (Å²) in [6, 6.07) is 2.20. The molecule has 1 aromatic rings. The van der Waals surface area contributed by atoms with Crippen molar-refractivity contribution in [2.45, 2.75) is 38.6 Å². The summed E-state index contributed by atoms with van der Waals surface area (Å²) in [7, 11) is 0. The monoisotopic (exact) mass is 332 g/mol. The highest BCUT2D eigenvalue weighted by atomic mass is 19.4. The third-order valence-electron chi connectivity index (χ3n) is 3.54. The van der Waals surface area contributed by atoms with E-state index in [9.17, 15) is 18.3 Å². The summed E-state index contributed by atoms with van der Waals surface area (Å²) in [5, 5.41) is 13.0. The molecule has 0 bridgehead atoms. The third kappa shape index (κ3) is 4.75. The van der Waals surface area contributed by atoms with E-state index in [0.29, 0.717) is 18.8 Å². The first-order valence-corrected chi connectivity index (χ1v) is 7.61. The van der Waals surface area contributed by atoms with Gasteiger partial charge in [-0.3, -0.25) is 4.90 Å². The zero-order chi connectivity index (χ0) is 17.3. The summed E-state index contributed by atoms with van der Waals surface area (Å²) >= 11 is 0. The first-order valence-electron chi connectivity index (χ1n) is 7.61. The molecule has 7 heteroatoms. The second-order valence-corrected chi connectivity index (χ2v) is 6.67.